The van der Waals surface area contributed by atoms with E-state index in [0.29, 0.717) is 17.3 Å². The average Bonchev–Trinajstić information content (AvgIpc) is 2.63. The minimum atomic E-state index is -0.348. The van der Waals surface area contributed by atoms with Crippen LogP contribution < -0.4 is 15.4 Å². The number of ether oxygens (including phenoxy) is 1. The number of aryl methyl sites for hydroxylation is 1. The Hall–Kier alpha value is -3.41. The summed E-state index contributed by atoms with van der Waals surface area (Å²) in [6, 6.07) is 15.1. The topological polar surface area (TPSA) is 76.1 Å². The number of hydrogen-bond donors (Lipinski definition) is 2. The van der Waals surface area contributed by atoms with Crippen molar-refractivity contribution in [2.24, 2.45) is 0 Å². The summed E-state index contributed by atoms with van der Waals surface area (Å²) < 4.78 is 5.22. The van der Waals surface area contributed by atoms with E-state index in [0.717, 1.165) is 11.3 Å². The number of carbonyl (C=O) groups excluding carboxylic acids is 1. The second kappa shape index (κ2) is 7.44. The maximum absolute atomic E-state index is 12.3. The third-order valence-corrected chi connectivity index (χ3v) is 3.53. The van der Waals surface area contributed by atoms with E-state index >= 15 is 0 Å². The van der Waals surface area contributed by atoms with E-state index in [1.807, 2.05) is 43.3 Å². The van der Waals surface area contributed by atoms with Gasteiger partial charge in [0.25, 0.3) is 5.91 Å². The summed E-state index contributed by atoms with van der Waals surface area (Å²) in [5.74, 6) is 0.806. The fourth-order valence-corrected chi connectivity index (χ4v) is 2.31. The number of benzene rings is 2. The largest absolute Gasteiger partial charge is 0.495 e. The molecule has 0 saturated heterocycles. The van der Waals surface area contributed by atoms with Crippen molar-refractivity contribution in [3.8, 4) is 5.75 Å². The lowest BCUT2D eigenvalue weighted by Gasteiger charge is -2.10. The molecular formula is C19H18N4O2. The van der Waals surface area contributed by atoms with Gasteiger partial charge in [-0.15, -0.1) is 0 Å². The van der Waals surface area contributed by atoms with Crippen molar-refractivity contribution >= 4 is 23.1 Å². The zero-order valence-electron chi connectivity index (χ0n) is 14.0. The van der Waals surface area contributed by atoms with Crippen LogP contribution in [-0.4, -0.2) is 23.0 Å². The Morgan fingerprint density at radius 1 is 1.04 bits per heavy atom. The molecule has 2 aromatic carbocycles. The Balaban J connectivity index is 1.70. The van der Waals surface area contributed by atoms with Crippen LogP contribution in [0.5, 0.6) is 5.75 Å². The smallest absolute Gasteiger partial charge is 0.275 e. The summed E-state index contributed by atoms with van der Waals surface area (Å²) in [7, 11) is 1.55. The van der Waals surface area contributed by atoms with Crippen LogP contribution in [0.15, 0.2) is 60.9 Å². The molecule has 3 rings (SSSR count). The highest BCUT2D eigenvalue weighted by molar-refractivity contribution is 6.03. The maximum Gasteiger partial charge on any atom is 0.275 e. The lowest BCUT2D eigenvalue weighted by Crippen LogP contribution is -2.14. The molecule has 0 aliphatic rings. The van der Waals surface area contributed by atoms with Gasteiger partial charge < -0.3 is 15.4 Å². The van der Waals surface area contributed by atoms with Crippen molar-refractivity contribution in [3.63, 3.8) is 0 Å². The molecule has 3 aromatic rings. The molecule has 0 aliphatic carbocycles. The number of methoxy groups -OCH3 is 1. The first-order valence-electron chi connectivity index (χ1n) is 7.76. The van der Waals surface area contributed by atoms with Gasteiger partial charge in [0.05, 0.1) is 25.2 Å². The van der Waals surface area contributed by atoms with Crippen molar-refractivity contribution in [2.45, 2.75) is 6.92 Å². The van der Waals surface area contributed by atoms with E-state index in [-0.39, 0.29) is 11.6 Å². The van der Waals surface area contributed by atoms with Crippen LogP contribution in [0.4, 0.5) is 17.2 Å². The lowest BCUT2D eigenvalue weighted by molar-refractivity contribution is 0.102. The number of nitrogens with one attached hydrogen (secondary N) is 2. The molecule has 0 spiro atoms. The number of rotatable bonds is 5. The van der Waals surface area contributed by atoms with Gasteiger partial charge in [-0.25, -0.2) is 9.97 Å². The number of nitrogens with zero attached hydrogens (tertiary/aromatic N) is 2. The van der Waals surface area contributed by atoms with Crippen LogP contribution in [0.25, 0.3) is 0 Å². The van der Waals surface area contributed by atoms with Gasteiger partial charge in [-0.05, 0) is 36.8 Å². The highest BCUT2D eigenvalue weighted by atomic mass is 16.5. The molecule has 0 saturated carbocycles. The highest BCUT2D eigenvalue weighted by Gasteiger charge is 2.11. The van der Waals surface area contributed by atoms with Crippen LogP contribution >= 0.6 is 0 Å². The van der Waals surface area contributed by atoms with Gasteiger partial charge in [-0.1, -0.05) is 24.3 Å². The first kappa shape index (κ1) is 16.4. The van der Waals surface area contributed by atoms with E-state index in [1.54, 1.807) is 19.2 Å². The molecule has 126 valence electrons. The first-order chi connectivity index (χ1) is 12.2. The van der Waals surface area contributed by atoms with E-state index in [2.05, 4.69) is 20.6 Å². The summed E-state index contributed by atoms with van der Waals surface area (Å²) in [6.07, 6.45) is 2.96. The molecule has 0 aliphatic heterocycles. The maximum atomic E-state index is 12.3. The Kier molecular flexibility index (Phi) is 4.89. The van der Waals surface area contributed by atoms with Gasteiger partial charge >= 0.3 is 0 Å². The normalized spacial score (nSPS) is 10.2. The van der Waals surface area contributed by atoms with Gasteiger partial charge in [0.15, 0.2) is 0 Å². The second-order valence-corrected chi connectivity index (χ2v) is 5.44. The predicted molar refractivity (Wildman–Crippen MR) is 97.4 cm³/mol. The Morgan fingerprint density at radius 2 is 1.88 bits per heavy atom. The zero-order valence-corrected chi connectivity index (χ0v) is 14.0. The minimum Gasteiger partial charge on any atom is -0.495 e. The monoisotopic (exact) mass is 334 g/mol. The van der Waals surface area contributed by atoms with E-state index in [4.69, 9.17) is 4.74 Å². The molecule has 1 aromatic heterocycles. The minimum absolute atomic E-state index is 0.223. The van der Waals surface area contributed by atoms with Crippen LogP contribution in [-0.2, 0) is 0 Å². The Bertz CT molecular complexity index is 879. The molecule has 6 nitrogen and oxygen atoms in total. The van der Waals surface area contributed by atoms with E-state index in [9.17, 15) is 4.79 Å². The standard InChI is InChI=1S/C19H18N4O2/c1-13-6-5-7-14(10-13)22-18-12-20-16(11-21-18)19(24)23-15-8-3-4-9-17(15)25-2/h3-12H,1-2H3,(H,21,22)(H,23,24). The molecule has 6 heteroatoms. The SMILES string of the molecule is COc1ccccc1NC(=O)c1cnc(Nc2cccc(C)c2)cn1. The van der Waals surface area contributed by atoms with Gasteiger partial charge in [-0.2, -0.15) is 0 Å². The molecule has 2 N–H and O–H groups in total. The molecule has 0 radical (unpaired) electrons. The number of amides is 1. The molecule has 0 fully saturated rings. The van der Waals surface area contributed by atoms with E-state index < -0.39 is 0 Å². The van der Waals surface area contributed by atoms with Crippen LogP contribution in [0, 0.1) is 6.92 Å². The highest BCUT2D eigenvalue weighted by Crippen LogP contribution is 2.23. The molecule has 0 bridgehead atoms. The van der Waals surface area contributed by atoms with Crippen molar-refractivity contribution in [1.29, 1.82) is 0 Å². The van der Waals surface area contributed by atoms with Crippen molar-refractivity contribution in [1.82, 2.24) is 9.97 Å². The second-order valence-electron chi connectivity index (χ2n) is 5.44. The predicted octanol–water partition coefficient (Wildman–Crippen LogP) is 3.79. The zero-order chi connectivity index (χ0) is 17.6. The van der Waals surface area contributed by atoms with Gasteiger partial charge in [-0.3, -0.25) is 4.79 Å². The molecule has 0 atom stereocenters. The van der Waals surface area contributed by atoms with Crippen molar-refractivity contribution in [3.05, 3.63) is 72.2 Å². The third kappa shape index (κ3) is 4.11. The average molecular weight is 334 g/mol. The number of hydrogen-bond acceptors (Lipinski definition) is 5. The quantitative estimate of drug-likeness (QED) is 0.742. The summed E-state index contributed by atoms with van der Waals surface area (Å²) in [5, 5.41) is 5.92. The van der Waals surface area contributed by atoms with Crippen LogP contribution in [0.1, 0.15) is 16.1 Å². The van der Waals surface area contributed by atoms with Crippen LogP contribution in [0.3, 0.4) is 0 Å². The lowest BCUT2D eigenvalue weighted by atomic mass is 10.2. The van der Waals surface area contributed by atoms with Gasteiger partial charge in [0, 0.05) is 5.69 Å². The van der Waals surface area contributed by atoms with Gasteiger partial charge in [0.2, 0.25) is 0 Å². The summed E-state index contributed by atoms with van der Waals surface area (Å²) >= 11 is 0. The molecule has 25 heavy (non-hydrogen) atoms. The van der Waals surface area contributed by atoms with Crippen molar-refractivity contribution < 1.29 is 9.53 Å². The molecule has 0 unspecified atom stereocenters. The Morgan fingerprint density at radius 3 is 2.60 bits per heavy atom. The fourth-order valence-electron chi connectivity index (χ4n) is 2.31. The van der Waals surface area contributed by atoms with Crippen LogP contribution in [0.2, 0.25) is 0 Å². The number of anilines is 3. The number of carbonyl (C=O) groups is 1. The number of aromatic nitrogens is 2. The summed E-state index contributed by atoms with van der Waals surface area (Å²) in [6.45, 7) is 2.02. The third-order valence-electron chi connectivity index (χ3n) is 3.53. The fraction of sp³-hybridized carbons (Fsp3) is 0.105. The first-order valence-corrected chi connectivity index (χ1v) is 7.76. The van der Waals surface area contributed by atoms with E-state index in [1.165, 1.54) is 12.4 Å². The van der Waals surface area contributed by atoms with Gasteiger partial charge in [0.1, 0.15) is 17.3 Å². The number of para-hydroxylation sites is 2. The molecule has 1 heterocycles. The summed E-state index contributed by atoms with van der Waals surface area (Å²) in [4.78, 5) is 20.7. The molecule has 1 amide bonds. The van der Waals surface area contributed by atoms with Crippen molar-refractivity contribution in [2.75, 3.05) is 17.7 Å². The Labute approximate surface area is 145 Å². The molecular weight excluding hydrogens is 316 g/mol. The summed E-state index contributed by atoms with van der Waals surface area (Å²) in [5.41, 5.74) is 2.87.